The molecule has 90 valence electrons. The summed E-state index contributed by atoms with van der Waals surface area (Å²) in [5.74, 6) is 5.06. The highest BCUT2D eigenvalue weighted by molar-refractivity contribution is 6.30. The first-order valence-corrected chi connectivity index (χ1v) is 5.45. The van der Waals surface area contributed by atoms with E-state index in [2.05, 4.69) is 5.43 Å². The zero-order valence-electron chi connectivity index (χ0n) is 9.50. The number of nitrogens with one attached hydrogen (secondary N) is 1. The highest BCUT2D eigenvalue weighted by atomic mass is 35.5. The van der Waals surface area contributed by atoms with Gasteiger partial charge in [0.15, 0.2) is 0 Å². The number of halogens is 2. The molecule has 16 heavy (non-hydrogen) atoms. The van der Waals surface area contributed by atoms with Crippen LogP contribution < -0.4 is 11.3 Å². The van der Waals surface area contributed by atoms with Crippen molar-refractivity contribution in [2.75, 3.05) is 20.6 Å². The van der Waals surface area contributed by atoms with Crippen molar-refractivity contribution in [3.05, 3.63) is 34.6 Å². The SMILES string of the molecule is CN(C)CC(Cc1ccc(F)c(Cl)c1)NN. The molecule has 0 amide bonds. The van der Waals surface area contributed by atoms with E-state index in [0.717, 1.165) is 12.1 Å². The summed E-state index contributed by atoms with van der Waals surface area (Å²) in [4.78, 5) is 2.04. The fraction of sp³-hybridized carbons (Fsp3) is 0.455. The highest BCUT2D eigenvalue weighted by Crippen LogP contribution is 2.17. The molecule has 5 heteroatoms. The Morgan fingerprint density at radius 1 is 1.50 bits per heavy atom. The summed E-state index contributed by atoms with van der Waals surface area (Å²) in [5, 5.41) is 0.151. The van der Waals surface area contributed by atoms with Gasteiger partial charge in [0.1, 0.15) is 5.82 Å². The number of hydrogen-bond acceptors (Lipinski definition) is 3. The summed E-state index contributed by atoms with van der Waals surface area (Å²) in [6.07, 6.45) is 0.717. The number of likely N-dealkylation sites (N-methyl/N-ethyl adjacent to an activating group) is 1. The first kappa shape index (κ1) is 13.4. The zero-order chi connectivity index (χ0) is 12.1. The molecule has 0 radical (unpaired) electrons. The van der Waals surface area contributed by atoms with Crippen LogP contribution >= 0.6 is 11.6 Å². The Kier molecular flexibility index (Phi) is 5.15. The maximum Gasteiger partial charge on any atom is 0.141 e. The maximum atomic E-state index is 12.9. The van der Waals surface area contributed by atoms with Crippen LogP contribution in [-0.2, 0) is 6.42 Å². The first-order valence-electron chi connectivity index (χ1n) is 5.07. The van der Waals surface area contributed by atoms with Gasteiger partial charge in [-0.05, 0) is 38.2 Å². The smallest absolute Gasteiger partial charge is 0.141 e. The molecule has 1 aromatic rings. The van der Waals surface area contributed by atoms with Gasteiger partial charge in [-0.15, -0.1) is 0 Å². The number of nitrogens with zero attached hydrogens (tertiary/aromatic N) is 1. The topological polar surface area (TPSA) is 41.3 Å². The van der Waals surface area contributed by atoms with Gasteiger partial charge in [0, 0.05) is 12.6 Å². The molecule has 0 aromatic heterocycles. The van der Waals surface area contributed by atoms with E-state index in [1.165, 1.54) is 6.07 Å². The standard InChI is InChI=1S/C11H17ClFN3/c1-16(2)7-9(15-14)5-8-3-4-11(13)10(12)6-8/h3-4,6,9,15H,5,7,14H2,1-2H3. The van der Waals surface area contributed by atoms with Crippen LogP contribution in [0.2, 0.25) is 5.02 Å². The number of rotatable bonds is 5. The largest absolute Gasteiger partial charge is 0.308 e. The van der Waals surface area contributed by atoms with Crippen molar-refractivity contribution < 1.29 is 4.39 Å². The van der Waals surface area contributed by atoms with Crippen LogP contribution in [0.3, 0.4) is 0 Å². The van der Waals surface area contributed by atoms with E-state index in [-0.39, 0.29) is 11.1 Å². The summed E-state index contributed by atoms with van der Waals surface area (Å²) in [5.41, 5.74) is 3.71. The Labute approximate surface area is 100 Å². The number of hydrazine groups is 1. The molecule has 0 aliphatic rings. The molecule has 0 bridgehead atoms. The van der Waals surface area contributed by atoms with Crippen molar-refractivity contribution in [2.24, 2.45) is 5.84 Å². The van der Waals surface area contributed by atoms with E-state index >= 15 is 0 Å². The van der Waals surface area contributed by atoms with Crippen LogP contribution in [0.5, 0.6) is 0 Å². The molecular weight excluding hydrogens is 229 g/mol. The molecule has 3 nitrogen and oxygen atoms in total. The predicted octanol–water partition coefficient (Wildman–Crippen LogP) is 1.42. The zero-order valence-corrected chi connectivity index (χ0v) is 10.3. The van der Waals surface area contributed by atoms with E-state index in [0.29, 0.717) is 6.42 Å². The minimum absolute atomic E-state index is 0.122. The lowest BCUT2D eigenvalue weighted by molar-refractivity contribution is 0.338. The first-order chi connectivity index (χ1) is 7.52. The molecule has 0 aliphatic carbocycles. The van der Waals surface area contributed by atoms with Gasteiger partial charge in [-0.2, -0.15) is 0 Å². The number of benzene rings is 1. The van der Waals surface area contributed by atoms with Crippen LogP contribution in [-0.4, -0.2) is 31.6 Å². The van der Waals surface area contributed by atoms with Crippen LogP contribution in [0.15, 0.2) is 18.2 Å². The van der Waals surface area contributed by atoms with Crippen molar-refractivity contribution in [3.8, 4) is 0 Å². The second-order valence-electron chi connectivity index (χ2n) is 4.08. The van der Waals surface area contributed by atoms with Crippen LogP contribution in [0.4, 0.5) is 4.39 Å². The third-order valence-corrected chi connectivity index (χ3v) is 2.58. The number of hydrogen-bond donors (Lipinski definition) is 2. The van der Waals surface area contributed by atoms with E-state index in [4.69, 9.17) is 17.4 Å². The average Bonchev–Trinajstić information content (AvgIpc) is 2.22. The van der Waals surface area contributed by atoms with Gasteiger partial charge in [0.25, 0.3) is 0 Å². The molecular formula is C11H17ClFN3. The third-order valence-electron chi connectivity index (χ3n) is 2.29. The third kappa shape index (κ3) is 4.06. The Balaban J connectivity index is 2.66. The van der Waals surface area contributed by atoms with Gasteiger partial charge in [-0.1, -0.05) is 17.7 Å². The van der Waals surface area contributed by atoms with Gasteiger partial charge in [-0.3, -0.25) is 11.3 Å². The molecule has 0 saturated heterocycles. The molecule has 0 spiro atoms. The lowest BCUT2D eigenvalue weighted by Gasteiger charge is -2.20. The van der Waals surface area contributed by atoms with Crippen LogP contribution in [0, 0.1) is 5.82 Å². The van der Waals surface area contributed by atoms with Gasteiger partial charge in [0.05, 0.1) is 5.02 Å². The average molecular weight is 246 g/mol. The minimum atomic E-state index is -0.393. The van der Waals surface area contributed by atoms with E-state index < -0.39 is 5.82 Å². The monoisotopic (exact) mass is 245 g/mol. The van der Waals surface area contributed by atoms with Gasteiger partial charge >= 0.3 is 0 Å². The molecule has 3 N–H and O–H groups in total. The van der Waals surface area contributed by atoms with Gasteiger partial charge in [0.2, 0.25) is 0 Å². The molecule has 0 fully saturated rings. The van der Waals surface area contributed by atoms with Gasteiger partial charge in [-0.25, -0.2) is 4.39 Å². The van der Waals surface area contributed by atoms with Gasteiger partial charge < -0.3 is 4.90 Å². The highest BCUT2D eigenvalue weighted by Gasteiger charge is 2.10. The molecule has 0 heterocycles. The summed E-state index contributed by atoms with van der Waals surface area (Å²) < 4.78 is 12.9. The molecule has 1 atom stereocenters. The van der Waals surface area contributed by atoms with Crippen LogP contribution in [0.25, 0.3) is 0 Å². The van der Waals surface area contributed by atoms with Crippen molar-refractivity contribution in [1.82, 2.24) is 10.3 Å². The summed E-state index contributed by atoms with van der Waals surface area (Å²) in [6, 6.07) is 4.86. The fourth-order valence-electron chi connectivity index (χ4n) is 1.57. The van der Waals surface area contributed by atoms with Crippen molar-refractivity contribution >= 4 is 11.6 Å². The maximum absolute atomic E-state index is 12.9. The molecule has 1 unspecified atom stereocenters. The predicted molar refractivity (Wildman–Crippen MR) is 64.8 cm³/mol. The number of nitrogens with two attached hydrogens (primary N) is 1. The quantitative estimate of drug-likeness (QED) is 0.609. The van der Waals surface area contributed by atoms with Crippen LogP contribution in [0.1, 0.15) is 5.56 Å². The Hall–Kier alpha value is -0.680. The van der Waals surface area contributed by atoms with E-state index in [9.17, 15) is 4.39 Å². The van der Waals surface area contributed by atoms with Crippen molar-refractivity contribution in [1.29, 1.82) is 0 Å². The second kappa shape index (κ2) is 6.15. The lowest BCUT2D eigenvalue weighted by atomic mass is 10.1. The Morgan fingerprint density at radius 2 is 2.19 bits per heavy atom. The molecule has 1 rings (SSSR count). The summed E-state index contributed by atoms with van der Waals surface area (Å²) in [7, 11) is 3.95. The summed E-state index contributed by atoms with van der Waals surface area (Å²) >= 11 is 5.71. The second-order valence-corrected chi connectivity index (χ2v) is 4.49. The van der Waals surface area contributed by atoms with Crippen molar-refractivity contribution in [2.45, 2.75) is 12.5 Å². The molecule has 0 aliphatic heterocycles. The molecule has 1 aromatic carbocycles. The summed E-state index contributed by atoms with van der Waals surface area (Å²) in [6.45, 7) is 0.811. The van der Waals surface area contributed by atoms with E-state index in [1.807, 2.05) is 19.0 Å². The Morgan fingerprint density at radius 3 is 2.69 bits per heavy atom. The Bertz CT molecular complexity index is 344. The van der Waals surface area contributed by atoms with E-state index in [1.54, 1.807) is 12.1 Å². The molecule has 0 saturated carbocycles. The van der Waals surface area contributed by atoms with Crippen molar-refractivity contribution in [3.63, 3.8) is 0 Å². The fourth-order valence-corrected chi connectivity index (χ4v) is 1.77. The minimum Gasteiger partial charge on any atom is -0.308 e. The normalized spacial score (nSPS) is 13.1. The lowest BCUT2D eigenvalue weighted by Crippen LogP contribution is -2.43.